The van der Waals surface area contributed by atoms with Gasteiger partial charge in [-0.2, -0.15) is 0 Å². The van der Waals surface area contributed by atoms with E-state index in [9.17, 15) is 0 Å². The predicted octanol–water partition coefficient (Wildman–Crippen LogP) is 4.29. The maximum atomic E-state index is 6.04. The number of halogens is 2. The van der Waals surface area contributed by atoms with E-state index < -0.39 is 0 Å². The van der Waals surface area contributed by atoms with Crippen LogP contribution in [0.25, 0.3) is 0 Å². The fourth-order valence-corrected chi connectivity index (χ4v) is 1.91. The molecule has 0 amide bonds. The molecule has 2 nitrogen and oxygen atoms in total. The third kappa shape index (κ3) is 3.64. The van der Waals surface area contributed by atoms with Crippen LogP contribution in [0.2, 0.25) is 10.0 Å². The quantitative estimate of drug-likeness (QED) is 0.849. The highest BCUT2D eigenvalue weighted by molar-refractivity contribution is 6.33. The number of benzene rings is 2. The summed E-state index contributed by atoms with van der Waals surface area (Å²) in [5, 5.41) is 1.32. The minimum atomic E-state index is 0.434. The van der Waals surface area contributed by atoms with Crippen LogP contribution in [-0.4, -0.2) is 0 Å². The van der Waals surface area contributed by atoms with Crippen molar-refractivity contribution in [3.63, 3.8) is 0 Å². The normalized spacial score (nSPS) is 10.6. The molecule has 0 radical (unpaired) electrons. The SMILES string of the molecule is Nc1ccc(COCc2cc(Cl)ccc2Cl)cc1. The maximum Gasteiger partial charge on any atom is 0.0736 e. The van der Waals surface area contributed by atoms with Crippen LogP contribution in [-0.2, 0) is 18.0 Å². The van der Waals surface area contributed by atoms with Crippen LogP contribution in [0.1, 0.15) is 11.1 Å². The van der Waals surface area contributed by atoms with Gasteiger partial charge in [0.1, 0.15) is 0 Å². The van der Waals surface area contributed by atoms with Gasteiger partial charge in [-0.05, 0) is 41.5 Å². The lowest BCUT2D eigenvalue weighted by atomic mass is 10.2. The van der Waals surface area contributed by atoms with Gasteiger partial charge in [0.25, 0.3) is 0 Å². The molecule has 0 saturated carbocycles. The Labute approximate surface area is 116 Å². The van der Waals surface area contributed by atoms with Crippen molar-refractivity contribution in [2.75, 3.05) is 5.73 Å². The zero-order valence-corrected chi connectivity index (χ0v) is 11.2. The summed E-state index contributed by atoms with van der Waals surface area (Å²) in [6, 6.07) is 12.9. The lowest BCUT2D eigenvalue weighted by Gasteiger charge is -2.07. The van der Waals surface area contributed by atoms with Gasteiger partial charge in [0, 0.05) is 15.7 Å². The molecule has 0 aliphatic carbocycles. The Kier molecular flexibility index (Phi) is 4.48. The smallest absolute Gasteiger partial charge is 0.0736 e. The van der Waals surface area contributed by atoms with Crippen LogP contribution in [0.5, 0.6) is 0 Å². The van der Waals surface area contributed by atoms with Crippen molar-refractivity contribution in [1.29, 1.82) is 0 Å². The van der Waals surface area contributed by atoms with Crippen molar-refractivity contribution in [2.45, 2.75) is 13.2 Å². The van der Waals surface area contributed by atoms with Gasteiger partial charge in [-0.1, -0.05) is 35.3 Å². The first-order valence-electron chi connectivity index (χ1n) is 5.51. The molecule has 0 fully saturated rings. The predicted molar refractivity (Wildman–Crippen MR) is 75.8 cm³/mol. The van der Waals surface area contributed by atoms with Crippen molar-refractivity contribution < 1.29 is 4.74 Å². The van der Waals surface area contributed by atoms with Gasteiger partial charge in [0.15, 0.2) is 0 Å². The minimum absolute atomic E-state index is 0.434. The summed E-state index contributed by atoms with van der Waals surface area (Å²) >= 11 is 11.9. The lowest BCUT2D eigenvalue weighted by Crippen LogP contribution is -1.95. The van der Waals surface area contributed by atoms with Gasteiger partial charge in [0.05, 0.1) is 13.2 Å². The van der Waals surface area contributed by atoms with Crippen LogP contribution in [0, 0.1) is 0 Å². The summed E-state index contributed by atoms with van der Waals surface area (Å²) in [6.07, 6.45) is 0. The molecule has 2 aromatic rings. The molecule has 2 aromatic carbocycles. The molecule has 0 bridgehead atoms. The fourth-order valence-electron chi connectivity index (χ4n) is 1.55. The highest BCUT2D eigenvalue weighted by Gasteiger charge is 2.02. The average molecular weight is 282 g/mol. The summed E-state index contributed by atoms with van der Waals surface area (Å²) in [7, 11) is 0. The van der Waals surface area contributed by atoms with E-state index in [0.29, 0.717) is 23.3 Å². The highest BCUT2D eigenvalue weighted by Crippen LogP contribution is 2.21. The second-order valence-corrected chi connectivity index (χ2v) is 4.81. The van der Waals surface area contributed by atoms with Crippen molar-refractivity contribution >= 4 is 28.9 Å². The molecule has 0 unspecified atom stereocenters. The van der Waals surface area contributed by atoms with Crippen molar-refractivity contribution in [1.82, 2.24) is 0 Å². The molecule has 0 aliphatic heterocycles. The van der Waals surface area contributed by atoms with E-state index in [0.717, 1.165) is 16.8 Å². The number of hydrogen-bond acceptors (Lipinski definition) is 2. The fraction of sp³-hybridized carbons (Fsp3) is 0.143. The zero-order valence-electron chi connectivity index (χ0n) is 9.70. The topological polar surface area (TPSA) is 35.2 Å². The summed E-state index contributed by atoms with van der Waals surface area (Å²) in [5.41, 5.74) is 8.32. The Morgan fingerprint density at radius 1 is 0.944 bits per heavy atom. The molecule has 2 N–H and O–H groups in total. The summed E-state index contributed by atoms with van der Waals surface area (Å²) in [5.74, 6) is 0. The third-order valence-corrected chi connectivity index (χ3v) is 3.12. The Morgan fingerprint density at radius 3 is 2.39 bits per heavy atom. The molecule has 0 atom stereocenters. The molecule has 94 valence electrons. The summed E-state index contributed by atoms with van der Waals surface area (Å²) in [6.45, 7) is 0.951. The Hall–Kier alpha value is -1.22. The Morgan fingerprint density at radius 2 is 1.67 bits per heavy atom. The van der Waals surface area contributed by atoms with Crippen LogP contribution in [0.3, 0.4) is 0 Å². The molecule has 0 saturated heterocycles. The molecule has 0 aliphatic rings. The van der Waals surface area contributed by atoms with E-state index in [1.165, 1.54) is 0 Å². The second kappa shape index (κ2) is 6.10. The van der Waals surface area contributed by atoms with E-state index in [4.69, 9.17) is 33.7 Å². The molecule has 4 heteroatoms. The van der Waals surface area contributed by atoms with Gasteiger partial charge < -0.3 is 10.5 Å². The van der Waals surface area contributed by atoms with Crippen molar-refractivity contribution in [3.05, 3.63) is 63.6 Å². The maximum absolute atomic E-state index is 6.04. The van der Waals surface area contributed by atoms with E-state index in [-0.39, 0.29) is 0 Å². The lowest BCUT2D eigenvalue weighted by molar-refractivity contribution is 0.107. The number of anilines is 1. The first-order valence-corrected chi connectivity index (χ1v) is 6.27. The molecular formula is C14H13Cl2NO. The average Bonchev–Trinajstić information content (AvgIpc) is 2.36. The number of nitrogen functional groups attached to an aromatic ring is 1. The number of ether oxygens (including phenoxy) is 1. The molecule has 0 aromatic heterocycles. The van der Waals surface area contributed by atoms with Gasteiger partial charge >= 0.3 is 0 Å². The van der Waals surface area contributed by atoms with Crippen LogP contribution in [0.4, 0.5) is 5.69 Å². The van der Waals surface area contributed by atoms with Crippen molar-refractivity contribution in [2.24, 2.45) is 0 Å². The summed E-state index contributed by atoms with van der Waals surface area (Å²) < 4.78 is 5.60. The summed E-state index contributed by atoms with van der Waals surface area (Å²) in [4.78, 5) is 0. The molecular weight excluding hydrogens is 269 g/mol. The Bertz CT molecular complexity index is 526. The van der Waals surface area contributed by atoms with E-state index >= 15 is 0 Å². The van der Waals surface area contributed by atoms with Gasteiger partial charge in [-0.25, -0.2) is 0 Å². The Balaban J connectivity index is 1.92. The monoisotopic (exact) mass is 281 g/mol. The van der Waals surface area contributed by atoms with Gasteiger partial charge in [-0.3, -0.25) is 0 Å². The first kappa shape index (κ1) is 13.2. The minimum Gasteiger partial charge on any atom is -0.399 e. The van der Waals surface area contributed by atoms with E-state index in [1.807, 2.05) is 30.3 Å². The largest absolute Gasteiger partial charge is 0.399 e. The number of hydrogen-bond donors (Lipinski definition) is 1. The van der Waals surface area contributed by atoms with Gasteiger partial charge in [0.2, 0.25) is 0 Å². The first-order chi connectivity index (χ1) is 8.65. The van der Waals surface area contributed by atoms with E-state index in [2.05, 4.69) is 0 Å². The van der Waals surface area contributed by atoms with Crippen LogP contribution in [0.15, 0.2) is 42.5 Å². The second-order valence-electron chi connectivity index (χ2n) is 3.97. The third-order valence-electron chi connectivity index (χ3n) is 2.51. The zero-order chi connectivity index (χ0) is 13.0. The molecule has 0 spiro atoms. The van der Waals surface area contributed by atoms with Crippen LogP contribution < -0.4 is 5.73 Å². The molecule has 0 heterocycles. The van der Waals surface area contributed by atoms with Crippen LogP contribution >= 0.6 is 23.2 Å². The molecule has 2 rings (SSSR count). The van der Waals surface area contributed by atoms with Crippen molar-refractivity contribution in [3.8, 4) is 0 Å². The van der Waals surface area contributed by atoms with Gasteiger partial charge in [-0.15, -0.1) is 0 Å². The molecule has 18 heavy (non-hydrogen) atoms. The highest BCUT2D eigenvalue weighted by atomic mass is 35.5. The number of rotatable bonds is 4. The van der Waals surface area contributed by atoms with E-state index in [1.54, 1.807) is 12.1 Å². The number of nitrogens with two attached hydrogens (primary N) is 1. The standard InChI is InChI=1S/C14H13Cl2NO/c15-12-3-6-14(16)11(7-12)9-18-8-10-1-4-13(17)5-2-10/h1-7H,8-9,17H2.